The predicted octanol–water partition coefficient (Wildman–Crippen LogP) is 3.26. The lowest BCUT2D eigenvalue weighted by Crippen LogP contribution is -1.93. The molecular weight excluding hydrogens is 230 g/mol. The van der Waals surface area contributed by atoms with E-state index in [1.807, 2.05) is 10.8 Å². The summed E-state index contributed by atoms with van der Waals surface area (Å²) in [7, 11) is 1.66. The van der Waals surface area contributed by atoms with Crippen LogP contribution in [0.15, 0.2) is 10.8 Å². The second-order valence-corrected chi connectivity index (χ2v) is 4.58. The van der Waals surface area contributed by atoms with Crippen molar-refractivity contribution in [1.29, 1.82) is 5.26 Å². The Labute approximate surface area is 95.5 Å². The third-order valence-corrected chi connectivity index (χ3v) is 3.99. The van der Waals surface area contributed by atoms with Crippen LogP contribution in [-0.4, -0.2) is 13.7 Å². The molecule has 0 N–H and O–H groups in total. The average molecular weight is 239 g/mol. The maximum absolute atomic E-state index is 8.41. The van der Waals surface area contributed by atoms with Crippen molar-refractivity contribution in [3.8, 4) is 17.6 Å². The summed E-state index contributed by atoms with van der Waals surface area (Å²) in [4.78, 5) is 0. The third-order valence-electron chi connectivity index (χ3n) is 1.91. The van der Waals surface area contributed by atoms with Gasteiger partial charge in [0.1, 0.15) is 18.1 Å². The zero-order valence-electron chi connectivity index (χ0n) is 8.15. The fourth-order valence-electron chi connectivity index (χ4n) is 1.23. The molecule has 0 fully saturated rings. The van der Waals surface area contributed by atoms with Crippen molar-refractivity contribution in [3.05, 3.63) is 10.8 Å². The molecule has 2 aromatic rings. The molecule has 0 atom stereocenters. The smallest absolute Gasteiger partial charge is 0.147 e. The van der Waals surface area contributed by atoms with E-state index in [0.29, 0.717) is 13.0 Å². The zero-order valence-corrected chi connectivity index (χ0v) is 9.78. The van der Waals surface area contributed by atoms with E-state index < -0.39 is 0 Å². The minimum Gasteiger partial charge on any atom is -0.494 e. The molecule has 5 heteroatoms. The van der Waals surface area contributed by atoms with Gasteiger partial charge >= 0.3 is 0 Å². The molecule has 2 heterocycles. The van der Waals surface area contributed by atoms with Gasteiger partial charge in [0, 0.05) is 10.8 Å². The summed E-state index contributed by atoms with van der Waals surface area (Å²) in [6.07, 6.45) is 0.417. The fourth-order valence-corrected chi connectivity index (χ4v) is 3.42. The predicted molar refractivity (Wildman–Crippen MR) is 62.0 cm³/mol. The number of hydrogen-bond acceptors (Lipinski definition) is 5. The molecule has 2 rings (SSSR count). The largest absolute Gasteiger partial charge is 0.494 e. The van der Waals surface area contributed by atoms with Crippen LogP contribution in [0.5, 0.6) is 11.5 Å². The van der Waals surface area contributed by atoms with E-state index in [2.05, 4.69) is 6.07 Å². The van der Waals surface area contributed by atoms with E-state index in [9.17, 15) is 0 Å². The topological polar surface area (TPSA) is 42.2 Å². The molecule has 15 heavy (non-hydrogen) atoms. The van der Waals surface area contributed by atoms with Crippen molar-refractivity contribution in [3.63, 3.8) is 0 Å². The minimum atomic E-state index is 0.417. The Morgan fingerprint density at radius 2 is 1.93 bits per heavy atom. The van der Waals surface area contributed by atoms with Crippen LogP contribution >= 0.6 is 22.7 Å². The molecule has 0 saturated carbocycles. The lowest BCUT2D eigenvalue weighted by atomic mass is 10.4. The van der Waals surface area contributed by atoms with Crippen LogP contribution < -0.4 is 9.47 Å². The molecule has 78 valence electrons. The number of nitriles is 1. The van der Waals surface area contributed by atoms with E-state index in [1.165, 1.54) is 0 Å². The second-order valence-electron chi connectivity index (χ2n) is 2.82. The van der Waals surface area contributed by atoms with Crippen LogP contribution in [0.25, 0.3) is 9.40 Å². The first kappa shape index (κ1) is 10.3. The second kappa shape index (κ2) is 4.51. The molecule has 0 aliphatic rings. The number of hydrogen-bond donors (Lipinski definition) is 0. The molecule has 0 aromatic carbocycles. The molecule has 3 nitrogen and oxygen atoms in total. The van der Waals surface area contributed by atoms with Crippen LogP contribution in [0.1, 0.15) is 6.42 Å². The summed E-state index contributed by atoms with van der Waals surface area (Å²) in [5.41, 5.74) is 0. The SMILES string of the molecule is COc1csc2c(OCCC#N)csc12. The lowest BCUT2D eigenvalue weighted by molar-refractivity contribution is 0.332. The molecule has 0 spiro atoms. The van der Waals surface area contributed by atoms with E-state index in [4.69, 9.17) is 14.7 Å². The molecule has 0 aliphatic heterocycles. The van der Waals surface area contributed by atoms with Crippen LogP contribution in [0.2, 0.25) is 0 Å². The highest BCUT2D eigenvalue weighted by atomic mass is 32.1. The Hall–Kier alpha value is -1.25. The number of nitrogens with zero attached hydrogens (tertiary/aromatic N) is 1. The Morgan fingerprint density at radius 1 is 1.27 bits per heavy atom. The highest BCUT2D eigenvalue weighted by Crippen LogP contribution is 2.43. The van der Waals surface area contributed by atoms with Gasteiger partial charge in [-0.05, 0) is 0 Å². The summed E-state index contributed by atoms with van der Waals surface area (Å²) >= 11 is 3.21. The van der Waals surface area contributed by atoms with Crippen LogP contribution in [0.4, 0.5) is 0 Å². The summed E-state index contributed by atoms with van der Waals surface area (Å²) in [6, 6.07) is 2.05. The van der Waals surface area contributed by atoms with Gasteiger partial charge in [0.2, 0.25) is 0 Å². The van der Waals surface area contributed by atoms with E-state index in [1.54, 1.807) is 29.8 Å². The maximum Gasteiger partial charge on any atom is 0.147 e. The van der Waals surface area contributed by atoms with E-state index in [0.717, 1.165) is 20.9 Å². The van der Waals surface area contributed by atoms with Crippen molar-refractivity contribution in [2.75, 3.05) is 13.7 Å². The quantitative estimate of drug-likeness (QED) is 0.769. The van der Waals surface area contributed by atoms with Gasteiger partial charge < -0.3 is 9.47 Å². The Balaban J connectivity index is 2.22. The molecule has 0 radical (unpaired) electrons. The molecule has 2 aromatic heterocycles. The minimum absolute atomic E-state index is 0.417. The number of rotatable bonds is 4. The van der Waals surface area contributed by atoms with Crippen molar-refractivity contribution in [2.24, 2.45) is 0 Å². The van der Waals surface area contributed by atoms with Crippen LogP contribution in [-0.2, 0) is 0 Å². The normalized spacial score (nSPS) is 10.1. The molecule has 0 amide bonds. The zero-order chi connectivity index (χ0) is 10.7. The standard InChI is InChI=1S/C10H9NO2S2/c1-12-7-5-14-10-8(6-15-9(7)10)13-4-2-3-11/h5-6H,2,4H2,1H3. The van der Waals surface area contributed by atoms with Crippen LogP contribution in [0, 0.1) is 11.3 Å². The first-order chi connectivity index (χ1) is 7.36. The Morgan fingerprint density at radius 3 is 2.60 bits per heavy atom. The molecule has 0 bridgehead atoms. The number of ether oxygens (including phenoxy) is 2. The third kappa shape index (κ3) is 1.91. The molecule has 0 saturated heterocycles. The average Bonchev–Trinajstić information content (AvgIpc) is 2.80. The van der Waals surface area contributed by atoms with Gasteiger partial charge in [-0.3, -0.25) is 0 Å². The highest BCUT2D eigenvalue weighted by molar-refractivity contribution is 7.27. The number of fused-ring (bicyclic) bond motifs is 1. The maximum atomic E-state index is 8.41. The summed E-state index contributed by atoms with van der Waals surface area (Å²) in [6.45, 7) is 0.447. The van der Waals surface area contributed by atoms with Gasteiger partial charge in [-0.2, -0.15) is 5.26 Å². The summed E-state index contributed by atoms with van der Waals surface area (Å²) in [5.74, 6) is 1.76. The van der Waals surface area contributed by atoms with Crippen molar-refractivity contribution < 1.29 is 9.47 Å². The van der Waals surface area contributed by atoms with Crippen LogP contribution in [0.3, 0.4) is 0 Å². The Kier molecular flexibility index (Phi) is 3.09. The number of thiophene rings is 2. The van der Waals surface area contributed by atoms with Crippen molar-refractivity contribution in [2.45, 2.75) is 6.42 Å². The van der Waals surface area contributed by atoms with Gasteiger partial charge in [0.05, 0.1) is 29.0 Å². The number of methoxy groups -OCH3 is 1. The molecular formula is C10H9NO2S2. The first-order valence-corrected chi connectivity index (χ1v) is 6.15. The fraction of sp³-hybridized carbons (Fsp3) is 0.300. The van der Waals surface area contributed by atoms with E-state index >= 15 is 0 Å². The van der Waals surface area contributed by atoms with E-state index in [-0.39, 0.29) is 0 Å². The monoisotopic (exact) mass is 239 g/mol. The summed E-state index contributed by atoms with van der Waals surface area (Å²) in [5, 5.41) is 12.3. The Bertz CT molecular complexity index is 495. The van der Waals surface area contributed by atoms with Gasteiger partial charge in [-0.25, -0.2) is 0 Å². The first-order valence-electron chi connectivity index (χ1n) is 4.39. The van der Waals surface area contributed by atoms with Gasteiger partial charge in [-0.1, -0.05) is 0 Å². The van der Waals surface area contributed by atoms with Crippen molar-refractivity contribution >= 4 is 32.1 Å². The van der Waals surface area contributed by atoms with Gasteiger partial charge in [-0.15, -0.1) is 22.7 Å². The lowest BCUT2D eigenvalue weighted by Gasteiger charge is -1.98. The molecule has 0 unspecified atom stereocenters. The van der Waals surface area contributed by atoms with Crippen molar-refractivity contribution in [1.82, 2.24) is 0 Å². The highest BCUT2D eigenvalue weighted by Gasteiger charge is 2.11. The van der Waals surface area contributed by atoms with Gasteiger partial charge in [0.15, 0.2) is 0 Å². The van der Waals surface area contributed by atoms with Gasteiger partial charge in [0.25, 0.3) is 0 Å². The summed E-state index contributed by atoms with van der Waals surface area (Å²) < 4.78 is 12.9. The molecule has 0 aliphatic carbocycles.